The summed E-state index contributed by atoms with van der Waals surface area (Å²) in [4.78, 5) is 32.8. The number of benzene rings is 3. The summed E-state index contributed by atoms with van der Waals surface area (Å²) >= 11 is 0. The summed E-state index contributed by atoms with van der Waals surface area (Å²) in [6.07, 6.45) is 4.29. The van der Waals surface area contributed by atoms with Crippen LogP contribution in [0.25, 0.3) is 22.2 Å². The maximum atomic E-state index is 15.0. The minimum Gasteiger partial charge on any atom is -0.496 e. The van der Waals surface area contributed by atoms with Gasteiger partial charge in [0.15, 0.2) is 0 Å². The van der Waals surface area contributed by atoms with Crippen LogP contribution in [0, 0.1) is 18.6 Å². The van der Waals surface area contributed by atoms with Crippen LogP contribution in [0.5, 0.6) is 5.75 Å². The predicted molar refractivity (Wildman–Crippen MR) is 171 cm³/mol. The SMILES string of the molecule is COc1cccc(F)c1CN1C/C(=C/NC(=O)c2ccc3[nH]nc(-c4ccnc(C)c4)c3c2)CCC1C(=O)Nc1cccc(F)c1. The number of aromatic amines is 1. The summed E-state index contributed by atoms with van der Waals surface area (Å²) in [6.45, 7) is 2.27. The first kappa shape index (κ1) is 30.6. The van der Waals surface area contributed by atoms with E-state index in [1.807, 2.05) is 30.0 Å². The van der Waals surface area contributed by atoms with Crippen LogP contribution in [-0.2, 0) is 11.3 Å². The first-order valence-electron chi connectivity index (χ1n) is 14.8. The summed E-state index contributed by atoms with van der Waals surface area (Å²) in [7, 11) is 1.46. The van der Waals surface area contributed by atoms with E-state index >= 15 is 0 Å². The first-order chi connectivity index (χ1) is 22.3. The Morgan fingerprint density at radius 1 is 1.09 bits per heavy atom. The molecular weight excluding hydrogens is 590 g/mol. The first-order valence-corrected chi connectivity index (χ1v) is 14.8. The Bertz CT molecular complexity index is 1960. The summed E-state index contributed by atoms with van der Waals surface area (Å²) < 4.78 is 34.1. The van der Waals surface area contributed by atoms with Gasteiger partial charge in [-0.3, -0.25) is 24.6 Å². The molecule has 0 aliphatic carbocycles. The van der Waals surface area contributed by atoms with E-state index in [0.717, 1.165) is 33.4 Å². The van der Waals surface area contributed by atoms with Gasteiger partial charge in [-0.2, -0.15) is 5.10 Å². The number of methoxy groups -OCH3 is 1. The lowest BCUT2D eigenvalue weighted by Crippen LogP contribution is -2.47. The van der Waals surface area contributed by atoms with E-state index < -0.39 is 17.7 Å². The number of pyridine rings is 1. The largest absolute Gasteiger partial charge is 0.496 e. The number of nitrogens with zero attached hydrogens (tertiary/aromatic N) is 3. The molecule has 46 heavy (non-hydrogen) atoms. The van der Waals surface area contributed by atoms with Gasteiger partial charge in [0.2, 0.25) is 5.91 Å². The molecule has 1 atom stereocenters. The second-order valence-corrected chi connectivity index (χ2v) is 11.2. The maximum absolute atomic E-state index is 15.0. The van der Waals surface area contributed by atoms with Gasteiger partial charge >= 0.3 is 0 Å². The molecule has 2 amide bonds. The van der Waals surface area contributed by atoms with Gasteiger partial charge in [0, 0.05) is 58.9 Å². The van der Waals surface area contributed by atoms with Gasteiger partial charge in [0.05, 0.1) is 18.7 Å². The van der Waals surface area contributed by atoms with Gasteiger partial charge in [-0.25, -0.2) is 8.78 Å². The van der Waals surface area contributed by atoms with Gasteiger partial charge in [0.25, 0.3) is 5.91 Å². The zero-order chi connectivity index (χ0) is 32.2. The van der Waals surface area contributed by atoms with E-state index in [2.05, 4.69) is 25.8 Å². The number of rotatable bonds is 8. The molecule has 6 rings (SSSR count). The highest BCUT2D eigenvalue weighted by atomic mass is 19.1. The van der Waals surface area contributed by atoms with Crippen LogP contribution in [0.3, 0.4) is 0 Å². The standard InChI is InChI=1S/C35H32F2N6O3/c1-21-15-23(13-14-38-21)33-27-16-24(10-11-30(27)41-42-33)34(44)39-18-22-9-12-31(35(45)40-26-6-3-5-25(36)17-26)43(19-22)20-28-29(37)7-4-8-32(28)46-2/h3-8,10-11,13-18,31H,9,12,19-20H2,1-2H3,(H,39,44)(H,40,45)(H,41,42)/b22-18+. The van der Waals surface area contributed by atoms with Crippen LogP contribution in [0.1, 0.15) is 34.5 Å². The third kappa shape index (κ3) is 6.64. The molecule has 1 saturated heterocycles. The number of halogens is 2. The van der Waals surface area contributed by atoms with E-state index in [1.165, 1.54) is 31.4 Å². The lowest BCUT2D eigenvalue weighted by atomic mass is 9.96. The molecule has 1 aliphatic heterocycles. The molecule has 1 aliphatic rings. The summed E-state index contributed by atoms with van der Waals surface area (Å²) in [5.41, 5.74) is 5.23. The number of H-pyrrole nitrogens is 1. The molecular formula is C35H32F2N6O3. The van der Waals surface area contributed by atoms with Crippen LogP contribution in [0.2, 0.25) is 0 Å². The van der Waals surface area contributed by atoms with Gasteiger partial charge in [-0.15, -0.1) is 0 Å². The smallest absolute Gasteiger partial charge is 0.255 e. The van der Waals surface area contributed by atoms with Gasteiger partial charge in [-0.05, 0) is 86.0 Å². The molecule has 0 saturated carbocycles. The van der Waals surface area contributed by atoms with Crippen molar-refractivity contribution in [3.05, 3.63) is 119 Å². The highest BCUT2D eigenvalue weighted by Gasteiger charge is 2.32. The topological polar surface area (TPSA) is 112 Å². The molecule has 5 aromatic rings. The van der Waals surface area contributed by atoms with Crippen molar-refractivity contribution < 1.29 is 23.1 Å². The lowest BCUT2D eigenvalue weighted by molar-refractivity contribution is -0.122. The normalized spacial score (nSPS) is 16.0. The molecule has 3 N–H and O–H groups in total. The molecule has 0 bridgehead atoms. The molecule has 234 valence electrons. The number of hydrogen-bond acceptors (Lipinski definition) is 6. The Labute approximate surface area is 264 Å². The second-order valence-electron chi connectivity index (χ2n) is 11.2. The number of fused-ring (bicyclic) bond motifs is 1. The van der Waals surface area contributed by atoms with E-state index in [4.69, 9.17) is 4.74 Å². The molecule has 3 aromatic carbocycles. The molecule has 11 heteroatoms. The Morgan fingerprint density at radius 3 is 2.74 bits per heavy atom. The number of amides is 2. The molecule has 0 spiro atoms. The fraction of sp³-hybridized carbons (Fsp3) is 0.200. The quantitative estimate of drug-likeness (QED) is 0.192. The van der Waals surface area contributed by atoms with Crippen molar-refractivity contribution in [3.63, 3.8) is 0 Å². The monoisotopic (exact) mass is 622 g/mol. The molecule has 9 nitrogen and oxygen atoms in total. The lowest BCUT2D eigenvalue weighted by Gasteiger charge is -2.36. The molecule has 1 fully saturated rings. The van der Waals surface area contributed by atoms with Crippen molar-refractivity contribution >= 4 is 28.4 Å². The van der Waals surface area contributed by atoms with Crippen LogP contribution in [-0.4, -0.2) is 51.6 Å². The number of carbonyl (C=O) groups is 2. The van der Waals surface area contributed by atoms with Crippen molar-refractivity contribution in [2.75, 3.05) is 19.0 Å². The number of aromatic nitrogens is 3. The summed E-state index contributed by atoms with van der Waals surface area (Å²) in [5, 5.41) is 14.0. The third-order valence-corrected chi connectivity index (χ3v) is 8.04. The highest BCUT2D eigenvalue weighted by molar-refractivity contribution is 6.01. The summed E-state index contributed by atoms with van der Waals surface area (Å²) in [5.74, 6) is -1.20. The number of aryl methyl sites for hydroxylation is 1. The maximum Gasteiger partial charge on any atom is 0.255 e. The van der Waals surface area contributed by atoms with Crippen LogP contribution >= 0.6 is 0 Å². The minimum absolute atomic E-state index is 0.0801. The Kier molecular flexibility index (Phi) is 8.84. The van der Waals surface area contributed by atoms with Crippen molar-refractivity contribution in [3.8, 4) is 17.0 Å². The van der Waals surface area contributed by atoms with Gasteiger partial charge < -0.3 is 15.4 Å². The molecule has 3 heterocycles. The number of carbonyl (C=O) groups excluding carboxylic acids is 2. The van der Waals surface area contributed by atoms with Crippen molar-refractivity contribution in [1.82, 2.24) is 25.4 Å². The number of likely N-dealkylation sites (tertiary alicyclic amines) is 1. The van der Waals surface area contributed by atoms with Crippen LogP contribution < -0.4 is 15.4 Å². The van der Waals surface area contributed by atoms with Crippen molar-refractivity contribution in [2.45, 2.75) is 32.4 Å². The Balaban J connectivity index is 1.22. The average molecular weight is 623 g/mol. The molecule has 0 radical (unpaired) electrons. The predicted octanol–water partition coefficient (Wildman–Crippen LogP) is 6.14. The van der Waals surface area contributed by atoms with Gasteiger partial charge in [-0.1, -0.05) is 12.1 Å². The number of piperidine rings is 1. The van der Waals surface area contributed by atoms with E-state index in [9.17, 15) is 18.4 Å². The van der Waals surface area contributed by atoms with Gasteiger partial charge in [0.1, 0.15) is 23.1 Å². The second kappa shape index (κ2) is 13.3. The van der Waals surface area contributed by atoms with E-state index in [1.54, 1.807) is 42.7 Å². The minimum atomic E-state index is -0.640. The van der Waals surface area contributed by atoms with Crippen molar-refractivity contribution in [1.29, 1.82) is 0 Å². The Morgan fingerprint density at radius 2 is 1.93 bits per heavy atom. The zero-order valence-corrected chi connectivity index (χ0v) is 25.3. The fourth-order valence-electron chi connectivity index (χ4n) is 5.73. The average Bonchev–Trinajstić information content (AvgIpc) is 3.48. The third-order valence-electron chi connectivity index (χ3n) is 8.04. The fourth-order valence-corrected chi connectivity index (χ4v) is 5.73. The number of ether oxygens (including phenoxy) is 1. The van der Waals surface area contributed by atoms with E-state index in [0.29, 0.717) is 35.4 Å². The Hall–Kier alpha value is -5.42. The summed E-state index contributed by atoms with van der Waals surface area (Å²) in [6, 6.07) is 18.7. The number of hydrogen-bond donors (Lipinski definition) is 3. The number of nitrogens with one attached hydrogen (secondary N) is 3. The zero-order valence-electron chi connectivity index (χ0n) is 25.3. The van der Waals surface area contributed by atoms with Crippen LogP contribution in [0.4, 0.5) is 14.5 Å². The van der Waals surface area contributed by atoms with Crippen molar-refractivity contribution in [2.24, 2.45) is 0 Å². The van der Waals surface area contributed by atoms with E-state index in [-0.39, 0.29) is 24.9 Å². The molecule has 2 aromatic heterocycles. The highest BCUT2D eigenvalue weighted by Crippen LogP contribution is 2.30. The molecule has 1 unspecified atom stereocenters. The van der Waals surface area contributed by atoms with Crippen LogP contribution in [0.15, 0.2) is 90.8 Å². The number of anilines is 1.